The van der Waals surface area contributed by atoms with Crippen LogP contribution in [0.3, 0.4) is 0 Å². The van der Waals surface area contributed by atoms with Gasteiger partial charge in [0.15, 0.2) is 0 Å². The van der Waals surface area contributed by atoms with E-state index in [0.29, 0.717) is 12.6 Å². The van der Waals surface area contributed by atoms with E-state index in [-0.39, 0.29) is 0 Å². The maximum Gasteiger partial charge on any atom is 0.141 e. The van der Waals surface area contributed by atoms with Gasteiger partial charge in [0.25, 0.3) is 0 Å². The summed E-state index contributed by atoms with van der Waals surface area (Å²) in [6.07, 6.45) is 5.58. The number of nitrogens with zero attached hydrogens (tertiary/aromatic N) is 1. The number of aromatic nitrogens is 1. The van der Waals surface area contributed by atoms with Gasteiger partial charge >= 0.3 is 0 Å². The van der Waals surface area contributed by atoms with Crippen LogP contribution < -0.4 is 10.5 Å². The predicted octanol–water partition coefficient (Wildman–Crippen LogP) is 1.64. The summed E-state index contributed by atoms with van der Waals surface area (Å²) in [5.41, 5.74) is 7.68. The average Bonchev–Trinajstić information content (AvgIpc) is 3.02. The Kier molecular flexibility index (Phi) is 2.68. The van der Waals surface area contributed by atoms with Crippen LogP contribution >= 0.6 is 0 Å². The van der Waals surface area contributed by atoms with Gasteiger partial charge in [-0.1, -0.05) is 6.92 Å². The van der Waals surface area contributed by atoms with Gasteiger partial charge in [0.05, 0.1) is 18.0 Å². The van der Waals surface area contributed by atoms with E-state index in [9.17, 15) is 0 Å². The highest BCUT2D eigenvalue weighted by Gasteiger charge is 2.24. The van der Waals surface area contributed by atoms with Crippen molar-refractivity contribution in [1.82, 2.24) is 4.98 Å². The zero-order chi connectivity index (χ0) is 9.97. The van der Waals surface area contributed by atoms with E-state index in [2.05, 4.69) is 11.9 Å². The lowest BCUT2D eigenvalue weighted by atomic mass is 10.1. The fraction of sp³-hybridized carbons (Fsp3) is 0.545. The van der Waals surface area contributed by atoms with Gasteiger partial charge in [0, 0.05) is 6.54 Å². The van der Waals surface area contributed by atoms with Crippen molar-refractivity contribution in [3.05, 3.63) is 23.5 Å². The van der Waals surface area contributed by atoms with Crippen molar-refractivity contribution in [1.29, 1.82) is 0 Å². The third-order valence-corrected chi connectivity index (χ3v) is 2.41. The standard InChI is InChI=1S/C11H16N2O/c1-2-8-5-9(6-12)13-7-11(8)14-10-3-4-10/h5,7,10H,2-4,6,12H2,1H3. The quantitative estimate of drug-likeness (QED) is 0.789. The van der Waals surface area contributed by atoms with Crippen molar-refractivity contribution in [2.75, 3.05) is 0 Å². The van der Waals surface area contributed by atoms with Crippen molar-refractivity contribution in [3.8, 4) is 5.75 Å². The Labute approximate surface area is 84.3 Å². The summed E-state index contributed by atoms with van der Waals surface area (Å²) in [6, 6.07) is 2.04. The molecule has 1 aromatic heterocycles. The number of nitrogens with two attached hydrogens (primary N) is 1. The lowest BCUT2D eigenvalue weighted by Crippen LogP contribution is -2.04. The molecule has 14 heavy (non-hydrogen) atoms. The summed E-state index contributed by atoms with van der Waals surface area (Å²) in [7, 11) is 0. The highest BCUT2D eigenvalue weighted by Crippen LogP contribution is 2.29. The summed E-state index contributed by atoms with van der Waals surface area (Å²) in [6.45, 7) is 2.62. The summed E-state index contributed by atoms with van der Waals surface area (Å²) in [4.78, 5) is 4.24. The zero-order valence-corrected chi connectivity index (χ0v) is 8.49. The van der Waals surface area contributed by atoms with Crippen LogP contribution in [0.1, 0.15) is 31.0 Å². The first-order valence-corrected chi connectivity index (χ1v) is 5.18. The SMILES string of the molecule is CCc1cc(CN)ncc1OC1CC1. The molecule has 1 saturated carbocycles. The number of ether oxygens (including phenoxy) is 1. The Morgan fingerprint density at radius 2 is 2.36 bits per heavy atom. The molecule has 1 aliphatic rings. The monoisotopic (exact) mass is 192 g/mol. The van der Waals surface area contributed by atoms with Crippen molar-refractivity contribution in [2.45, 2.75) is 38.8 Å². The molecule has 1 aromatic rings. The molecular formula is C11H16N2O. The molecule has 3 nitrogen and oxygen atoms in total. The minimum Gasteiger partial charge on any atom is -0.489 e. The molecule has 0 amide bonds. The Bertz CT molecular complexity index is 321. The normalized spacial score (nSPS) is 15.6. The van der Waals surface area contributed by atoms with Crippen LogP contribution in [0, 0.1) is 0 Å². The third-order valence-electron chi connectivity index (χ3n) is 2.41. The fourth-order valence-electron chi connectivity index (χ4n) is 1.39. The molecule has 1 aliphatic carbocycles. The van der Waals surface area contributed by atoms with E-state index in [4.69, 9.17) is 10.5 Å². The molecule has 2 rings (SSSR count). The van der Waals surface area contributed by atoms with E-state index in [1.165, 1.54) is 18.4 Å². The fourth-order valence-corrected chi connectivity index (χ4v) is 1.39. The number of pyridine rings is 1. The lowest BCUT2D eigenvalue weighted by molar-refractivity contribution is 0.298. The van der Waals surface area contributed by atoms with Crippen LogP contribution in [-0.4, -0.2) is 11.1 Å². The number of rotatable bonds is 4. The summed E-state index contributed by atoms with van der Waals surface area (Å²) >= 11 is 0. The smallest absolute Gasteiger partial charge is 0.141 e. The van der Waals surface area contributed by atoms with Gasteiger partial charge < -0.3 is 10.5 Å². The second-order valence-electron chi connectivity index (χ2n) is 3.66. The van der Waals surface area contributed by atoms with E-state index in [1.54, 1.807) is 6.20 Å². The van der Waals surface area contributed by atoms with E-state index < -0.39 is 0 Å². The minimum atomic E-state index is 0.436. The lowest BCUT2D eigenvalue weighted by Gasteiger charge is -2.09. The van der Waals surface area contributed by atoms with Crippen molar-refractivity contribution in [3.63, 3.8) is 0 Å². The third kappa shape index (κ3) is 2.04. The van der Waals surface area contributed by atoms with E-state index >= 15 is 0 Å². The molecule has 0 bridgehead atoms. The average molecular weight is 192 g/mol. The van der Waals surface area contributed by atoms with Gasteiger partial charge in [-0.3, -0.25) is 4.98 Å². The van der Waals surface area contributed by atoms with Crippen LogP contribution in [0.25, 0.3) is 0 Å². The Morgan fingerprint density at radius 1 is 1.57 bits per heavy atom. The largest absolute Gasteiger partial charge is 0.489 e. The molecule has 0 aliphatic heterocycles. The predicted molar refractivity (Wildman–Crippen MR) is 55.2 cm³/mol. The Morgan fingerprint density at radius 3 is 2.93 bits per heavy atom. The summed E-state index contributed by atoms with van der Waals surface area (Å²) in [5, 5.41) is 0. The number of aryl methyl sites for hydroxylation is 1. The molecule has 0 spiro atoms. The number of hydrogen-bond donors (Lipinski definition) is 1. The van der Waals surface area contributed by atoms with Crippen LogP contribution in [0.2, 0.25) is 0 Å². The second kappa shape index (κ2) is 3.96. The molecule has 3 heteroatoms. The zero-order valence-electron chi connectivity index (χ0n) is 8.49. The highest BCUT2D eigenvalue weighted by atomic mass is 16.5. The molecule has 0 aromatic carbocycles. The molecule has 0 atom stereocenters. The van der Waals surface area contributed by atoms with Crippen molar-refractivity contribution >= 4 is 0 Å². The van der Waals surface area contributed by atoms with Gasteiger partial charge in [0.1, 0.15) is 5.75 Å². The molecule has 0 saturated heterocycles. The van der Waals surface area contributed by atoms with Crippen LogP contribution in [0.15, 0.2) is 12.3 Å². The van der Waals surface area contributed by atoms with Gasteiger partial charge in [0.2, 0.25) is 0 Å². The van der Waals surface area contributed by atoms with E-state index in [1.807, 2.05) is 6.07 Å². The van der Waals surface area contributed by atoms with Crippen LogP contribution in [0.4, 0.5) is 0 Å². The number of hydrogen-bond acceptors (Lipinski definition) is 3. The minimum absolute atomic E-state index is 0.436. The molecule has 1 fully saturated rings. The molecule has 2 N–H and O–H groups in total. The van der Waals surface area contributed by atoms with Crippen molar-refractivity contribution < 1.29 is 4.74 Å². The maximum atomic E-state index is 5.74. The molecule has 1 heterocycles. The Hall–Kier alpha value is -1.09. The van der Waals surface area contributed by atoms with Crippen LogP contribution in [0.5, 0.6) is 5.75 Å². The van der Waals surface area contributed by atoms with Gasteiger partial charge in [-0.25, -0.2) is 0 Å². The van der Waals surface area contributed by atoms with Gasteiger partial charge in [-0.2, -0.15) is 0 Å². The van der Waals surface area contributed by atoms with Crippen LogP contribution in [-0.2, 0) is 13.0 Å². The van der Waals surface area contributed by atoms with Gasteiger partial charge in [-0.15, -0.1) is 0 Å². The summed E-state index contributed by atoms with van der Waals surface area (Å²) in [5.74, 6) is 0.937. The first kappa shape index (κ1) is 9.46. The second-order valence-corrected chi connectivity index (χ2v) is 3.66. The Balaban J connectivity index is 2.19. The molecular weight excluding hydrogens is 176 g/mol. The summed E-state index contributed by atoms with van der Waals surface area (Å²) < 4.78 is 5.74. The van der Waals surface area contributed by atoms with Crippen molar-refractivity contribution in [2.24, 2.45) is 5.73 Å². The first-order valence-electron chi connectivity index (χ1n) is 5.18. The molecule has 0 unspecified atom stereocenters. The topological polar surface area (TPSA) is 48.1 Å². The van der Waals surface area contributed by atoms with Gasteiger partial charge in [-0.05, 0) is 30.9 Å². The first-order chi connectivity index (χ1) is 6.83. The maximum absolute atomic E-state index is 5.74. The molecule has 0 radical (unpaired) electrons. The molecule has 76 valence electrons. The highest BCUT2D eigenvalue weighted by molar-refractivity contribution is 5.33. The van der Waals surface area contributed by atoms with E-state index in [0.717, 1.165) is 17.9 Å².